The molecule has 1 saturated heterocycles. The van der Waals surface area contributed by atoms with E-state index in [2.05, 4.69) is 72.5 Å². The van der Waals surface area contributed by atoms with Crippen LogP contribution < -0.4 is 0 Å². The van der Waals surface area contributed by atoms with Crippen LogP contribution in [0.1, 0.15) is 24.0 Å². The molecule has 0 bridgehead atoms. The number of carboxylic acid groups (broad SMARTS) is 1. The number of carbonyl (C=O) groups is 1. The second-order valence-corrected chi connectivity index (χ2v) is 9.12. The number of likely N-dealkylation sites (tertiary alicyclic amines) is 1. The average molecular weight is 452 g/mol. The summed E-state index contributed by atoms with van der Waals surface area (Å²) < 4.78 is 6.33. The van der Waals surface area contributed by atoms with Gasteiger partial charge in [-0.2, -0.15) is 0 Å². The minimum absolute atomic E-state index is 0.264. The van der Waals surface area contributed by atoms with Gasteiger partial charge in [0.25, 0.3) is 0 Å². The lowest BCUT2D eigenvalue weighted by molar-refractivity contribution is -0.143. The average Bonchev–Trinajstić information content (AvgIpc) is 3.35. The summed E-state index contributed by atoms with van der Waals surface area (Å²) >= 11 is 0. The molecule has 1 aromatic heterocycles. The van der Waals surface area contributed by atoms with E-state index in [1.54, 1.807) is 0 Å². The molecule has 1 atom stereocenters. The summed E-state index contributed by atoms with van der Waals surface area (Å²) in [4.78, 5) is 13.6. The van der Waals surface area contributed by atoms with Crippen molar-refractivity contribution in [2.45, 2.75) is 26.3 Å². The summed E-state index contributed by atoms with van der Waals surface area (Å²) in [6, 6.07) is 29.2. The van der Waals surface area contributed by atoms with Gasteiger partial charge >= 0.3 is 5.97 Å². The third-order valence-corrected chi connectivity index (χ3v) is 6.76. The van der Waals surface area contributed by atoms with E-state index in [0.29, 0.717) is 6.54 Å². The van der Waals surface area contributed by atoms with Crippen molar-refractivity contribution in [3.8, 4) is 33.8 Å². The zero-order valence-corrected chi connectivity index (χ0v) is 19.4. The molecule has 0 aliphatic carbocycles. The molecular formula is C30H29NO3. The zero-order valence-electron chi connectivity index (χ0n) is 19.4. The van der Waals surface area contributed by atoms with Gasteiger partial charge in [-0.1, -0.05) is 66.7 Å². The van der Waals surface area contributed by atoms with E-state index in [4.69, 9.17) is 4.42 Å². The first kappa shape index (κ1) is 22.2. The quantitative estimate of drug-likeness (QED) is 0.347. The molecule has 0 spiro atoms. The Labute approximate surface area is 200 Å². The third-order valence-electron chi connectivity index (χ3n) is 6.76. The Morgan fingerprint density at radius 1 is 0.912 bits per heavy atom. The summed E-state index contributed by atoms with van der Waals surface area (Å²) in [5.74, 6) is 0.743. The first-order valence-corrected chi connectivity index (χ1v) is 11.9. The maximum Gasteiger partial charge on any atom is 0.307 e. The Kier molecular flexibility index (Phi) is 6.33. The lowest BCUT2D eigenvalue weighted by Gasteiger charge is -2.30. The van der Waals surface area contributed by atoms with Gasteiger partial charge in [0.1, 0.15) is 11.5 Å². The smallest absolute Gasteiger partial charge is 0.307 e. The van der Waals surface area contributed by atoms with Crippen molar-refractivity contribution in [3.05, 3.63) is 96.1 Å². The predicted octanol–water partition coefficient (Wildman–Crippen LogP) is 6.89. The van der Waals surface area contributed by atoms with Crippen LogP contribution in [-0.2, 0) is 11.3 Å². The Bertz CT molecular complexity index is 1290. The molecule has 4 nitrogen and oxygen atoms in total. The SMILES string of the molecule is Cc1c(-c2ccccc2)cccc1-c1ccc(-c2cccc(CN3CCC[C@@H](C(=O)O)C3)c2)o1. The highest BCUT2D eigenvalue weighted by Gasteiger charge is 2.25. The van der Waals surface area contributed by atoms with Crippen LogP contribution in [0.5, 0.6) is 0 Å². The maximum atomic E-state index is 11.4. The Hall–Kier alpha value is -3.63. The number of rotatable bonds is 6. The van der Waals surface area contributed by atoms with Crippen molar-refractivity contribution < 1.29 is 14.3 Å². The molecule has 172 valence electrons. The van der Waals surface area contributed by atoms with Gasteiger partial charge in [0.15, 0.2) is 0 Å². The number of hydrogen-bond donors (Lipinski definition) is 1. The molecule has 0 unspecified atom stereocenters. The molecule has 1 aliphatic heterocycles. The topological polar surface area (TPSA) is 53.7 Å². The monoisotopic (exact) mass is 451 g/mol. The molecule has 0 saturated carbocycles. The summed E-state index contributed by atoms with van der Waals surface area (Å²) in [6.07, 6.45) is 1.70. The molecule has 0 radical (unpaired) electrons. The van der Waals surface area contributed by atoms with Crippen LogP contribution in [0.3, 0.4) is 0 Å². The van der Waals surface area contributed by atoms with Gasteiger partial charge in [0.2, 0.25) is 0 Å². The predicted molar refractivity (Wildman–Crippen MR) is 135 cm³/mol. The first-order chi connectivity index (χ1) is 16.6. The van der Waals surface area contributed by atoms with Crippen molar-refractivity contribution in [1.29, 1.82) is 0 Å². The standard InChI is InChI=1S/C30H29NO3/c1-21-26(23-9-3-2-4-10-23)13-6-14-27(21)29-16-15-28(34-29)24-11-5-8-22(18-24)19-31-17-7-12-25(20-31)30(32)33/h2-6,8-11,13-16,18,25H,7,12,17,19-20H2,1H3,(H,32,33)/t25-/m1/s1. The van der Waals surface area contributed by atoms with E-state index in [-0.39, 0.29) is 5.92 Å². The van der Waals surface area contributed by atoms with Crippen molar-refractivity contribution in [3.63, 3.8) is 0 Å². The first-order valence-electron chi connectivity index (χ1n) is 11.9. The van der Waals surface area contributed by atoms with Crippen molar-refractivity contribution in [2.24, 2.45) is 5.92 Å². The van der Waals surface area contributed by atoms with E-state index < -0.39 is 5.97 Å². The summed E-state index contributed by atoms with van der Waals surface area (Å²) in [5, 5.41) is 9.37. The van der Waals surface area contributed by atoms with Crippen LogP contribution in [-0.4, -0.2) is 29.1 Å². The summed E-state index contributed by atoms with van der Waals surface area (Å²) in [5.41, 5.74) is 6.90. The lowest BCUT2D eigenvalue weighted by Crippen LogP contribution is -2.38. The molecule has 2 heterocycles. The second kappa shape index (κ2) is 9.70. The van der Waals surface area contributed by atoms with Gasteiger partial charge in [0, 0.05) is 24.2 Å². The summed E-state index contributed by atoms with van der Waals surface area (Å²) in [6.45, 7) is 4.45. The van der Waals surface area contributed by atoms with Gasteiger partial charge in [-0.05, 0) is 66.8 Å². The van der Waals surface area contributed by atoms with E-state index in [0.717, 1.165) is 48.6 Å². The van der Waals surface area contributed by atoms with Crippen LogP contribution in [0.15, 0.2) is 89.3 Å². The molecular weight excluding hydrogens is 422 g/mol. The van der Waals surface area contributed by atoms with Crippen molar-refractivity contribution in [2.75, 3.05) is 13.1 Å². The molecule has 34 heavy (non-hydrogen) atoms. The van der Waals surface area contributed by atoms with E-state index in [9.17, 15) is 9.90 Å². The largest absolute Gasteiger partial charge is 0.481 e. The second-order valence-electron chi connectivity index (χ2n) is 9.12. The number of nitrogens with zero attached hydrogens (tertiary/aromatic N) is 1. The van der Waals surface area contributed by atoms with Crippen LogP contribution in [0.4, 0.5) is 0 Å². The molecule has 4 heteroatoms. The molecule has 4 aromatic rings. The molecule has 0 amide bonds. The van der Waals surface area contributed by atoms with Crippen LogP contribution in [0, 0.1) is 12.8 Å². The Balaban J connectivity index is 1.37. The van der Waals surface area contributed by atoms with Gasteiger partial charge in [-0.15, -0.1) is 0 Å². The number of furan rings is 1. The summed E-state index contributed by atoms with van der Waals surface area (Å²) in [7, 11) is 0. The van der Waals surface area contributed by atoms with Gasteiger partial charge < -0.3 is 9.52 Å². The van der Waals surface area contributed by atoms with Gasteiger partial charge in [-0.25, -0.2) is 0 Å². The van der Waals surface area contributed by atoms with Crippen LogP contribution in [0.25, 0.3) is 33.8 Å². The molecule has 1 N–H and O–H groups in total. The fraction of sp³-hybridized carbons (Fsp3) is 0.233. The third kappa shape index (κ3) is 4.68. The molecule has 3 aromatic carbocycles. The molecule has 1 fully saturated rings. The number of hydrogen-bond acceptors (Lipinski definition) is 3. The highest BCUT2D eigenvalue weighted by Crippen LogP contribution is 2.35. The fourth-order valence-electron chi connectivity index (χ4n) is 4.95. The van der Waals surface area contributed by atoms with Crippen molar-refractivity contribution >= 4 is 5.97 Å². The fourth-order valence-corrected chi connectivity index (χ4v) is 4.95. The van der Waals surface area contributed by atoms with Gasteiger partial charge in [-0.3, -0.25) is 9.69 Å². The number of carboxylic acids is 1. The van der Waals surface area contributed by atoms with E-state index in [1.807, 2.05) is 24.3 Å². The normalized spacial score (nSPS) is 16.4. The maximum absolute atomic E-state index is 11.4. The van der Waals surface area contributed by atoms with Gasteiger partial charge in [0.05, 0.1) is 5.92 Å². The lowest BCUT2D eigenvalue weighted by atomic mass is 9.95. The zero-order chi connectivity index (χ0) is 23.5. The minimum atomic E-state index is -0.687. The number of aliphatic carboxylic acids is 1. The highest BCUT2D eigenvalue weighted by atomic mass is 16.4. The van der Waals surface area contributed by atoms with E-state index >= 15 is 0 Å². The van der Waals surface area contributed by atoms with Crippen molar-refractivity contribution in [1.82, 2.24) is 4.90 Å². The molecule has 1 aliphatic rings. The minimum Gasteiger partial charge on any atom is -0.481 e. The Morgan fingerprint density at radius 3 is 2.47 bits per heavy atom. The highest BCUT2D eigenvalue weighted by molar-refractivity contribution is 5.77. The number of piperidine rings is 1. The molecule has 5 rings (SSSR count). The number of benzene rings is 3. The van der Waals surface area contributed by atoms with Crippen LogP contribution in [0.2, 0.25) is 0 Å². The van der Waals surface area contributed by atoms with E-state index in [1.165, 1.54) is 22.3 Å². The Morgan fingerprint density at radius 2 is 1.65 bits per heavy atom. The van der Waals surface area contributed by atoms with Crippen LogP contribution >= 0.6 is 0 Å².